The molecule has 1 nitrogen and oxygen atoms in total. The van der Waals surface area contributed by atoms with E-state index in [4.69, 9.17) is 0 Å². The largest absolute Gasteiger partial charge is 0.313 e. The van der Waals surface area contributed by atoms with Crippen LogP contribution in [0.25, 0.3) is 0 Å². The van der Waals surface area contributed by atoms with Crippen LogP contribution in [0.5, 0.6) is 0 Å². The third-order valence-corrected chi connectivity index (χ3v) is 4.62. The van der Waals surface area contributed by atoms with E-state index in [0.717, 1.165) is 12.5 Å². The molecule has 19 heavy (non-hydrogen) atoms. The van der Waals surface area contributed by atoms with E-state index in [1.165, 1.54) is 36.3 Å². The van der Waals surface area contributed by atoms with Crippen molar-refractivity contribution in [2.45, 2.75) is 46.1 Å². The van der Waals surface area contributed by atoms with Crippen LogP contribution in [0.2, 0.25) is 0 Å². The molecule has 1 atom stereocenters. The first-order valence-corrected chi connectivity index (χ1v) is 8.73. The van der Waals surface area contributed by atoms with Crippen LogP contribution < -0.4 is 5.32 Å². The van der Waals surface area contributed by atoms with Gasteiger partial charge in [0.2, 0.25) is 0 Å². The third kappa shape index (κ3) is 8.33. The van der Waals surface area contributed by atoms with Gasteiger partial charge in [-0.3, -0.25) is 0 Å². The van der Waals surface area contributed by atoms with Gasteiger partial charge in [0.1, 0.15) is 0 Å². The van der Waals surface area contributed by atoms with Crippen molar-refractivity contribution in [2.75, 3.05) is 18.1 Å². The Morgan fingerprint density at radius 3 is 2.47 bits per heavy atom. The molecule has 0 spiro atoms. The lowest BCUT2D eigenvalue weighted by atomic mass is 10.1. The average molecular weight is 279 g/mol. The van der Waals surface area contributed by atoms with Crippen molar-refractivity contribution in [3.05, 3.63) is 35.9 Å². The molecular weight excluding hydrogens is 250 g/mol. The predicted octanol–water partition coefficient (Wildman–Crippen LogP) is 4.38. The highest BCUT2D eigenvalue weighted by Crippen LogP contribution is 2.13. The van der Waals surface area contributed by atoms with Gasteiger partial charge in [0.05, 0.1) is 0 Å². The Kier molecular flexibility index (Phi) is 9.02. The first-order valence-electron chi connectivity index (χ1n) is 7.57. The van der Waals surface area contributed by atoms with E-state index < -0.39 is 0 Å². The van der Waals surface area contributed by atoms with Crippen molar-refractivity contribution >= 4 is 11.8 Å². The number of hydrogen-bond acceptors (Lipinski definition) is 2. The summed E-state index contributed by atoms with van der Waals surface area (Å²) in [6, 6.07) is 11.5. The highest BCUT2D eigenvalue weighted by Gasteiger charge is 2.08. The van der Waals surface area contributed by atoms with Crippen LogP contribution in [0.15, 0.2) is 30.3 Å². The molecule has 1 aromatic carbocycles. The Labute approximate surface area is 123 Å². The maximum Gasteiger partial charge on any atom is 0.0161 e. The molecule has 0 aliphatic heterocycles. The van der Waals surface area contributed by atoms with Gasteiger partial charge < -0.3 is 5.32 Å². The Hall–Kier alpha value is -0.470. The highest BCUT2D eigenvalue weighted by atomic mass is 32.2. The maximum atomic E-state index is 3.69. The lowest BCUT2D eigenvalue weighted by Gasteiger charge is -2.18. The fourth-order valence-electron chi connectivity index (χ4n) is 2.02. The lowest BCUT2D eigenvalue weighted by molar-refractivity contribution is 0.519. The van der Waals surface area contributed by atoms with Gasteiger partial charge in [-0.2, -0.15) is 11.8 Å². The van der Waals surface area contributed by atoms with Gasteiger partial charge in [0.25, 0.3) is 0 Å². The summed E-state index contributed by atoms with van der Waals surface area (Å²) in [5.74, 6) is 3.31. The number of nitrogens with one attached hydrogen (secondary N) is 1. The van der Waals surface area contributed by atoms with Crippen LogP contribution in [0, 0.1) is 5.92 Å². The van der Waals surface area contributed by atoms with Gasteiger partial charge >= 0.3 is 0 Å². The molecule has 1 N–H and O–H groups in total. The Morgan fingerprint density at radius 1 is 1.11 bits per heavy atom. The van der Waals surface area contributed by atoms with Gasteiger partial charge in [0, 0.05) is 11.8 Å². The molecule has 1 rings (SSSR count). The third-order valence-electron chi connectivity index (χ3n) is 3.08. The van der Waals surface area contributed by atoms with Gasteiger partial charge in [-0.25, -0.2) is 0 Å². The van der Waals surface area contributed by atoms with Gasteiger partial charge in [-0.15, -0.1) is 0 Å². The standard InChI is InChI=1S/C17H29NS/c1-4-12-18-17(14-19-13-15(2)3)11-10-16-8-6-5-7-9-16/h5-9,15,17-18H,4,10-14H2,1-3H3. The highest BCUT2D eigenvalue weighted by molar-refractivity contribution is 7.99. The van der Waals surface area contributed by atoms with Crippen LogP contribution in [-0.2, 0) is 6.42 Å². The van der Waals surface area contributed by atoms with E-state index in [2.05, 4.69) is 68.2 Å². The van der Waals surface area contributed by atoms with Crippen LogP contribution in [0.1, 0.15) is 39.2 Å². The molecule has 0 saturated heterocycles. The summed E-state index contributed by atoms with van der Waals surface area (Å²) in [6.07, 6.45) is 3.65. The van der Waals surface area contributed by atoms with Crippen LogP contribution in [0.3, 0.4) is 0 Å². The molecule has 0 heterocycles. The summed E-state index contributed by atoms with van der Waals surface area (Å²) in [4.78, 5) is 0. The normalized spacial score (nSPS) is 12.8. The van der Waals surface area contributed by atoms with Gasteiger partial charge in [-0.05, 0) is 43.0 Å². The van der Waals surface area contributed by atoms with Crippen LogP contribution in [0.4, 0.5) is 0 Å². The first-order chi connectivity index (χ1) is 9.22. The molecule has 0 saturated carbocycles. The molecule has 0 fully saturated rings. The van der Waals surface area contributed by atoms with Crippen LogP contribution >= 0.6 is 11.8 Å². The molecule has 1 aromatic rings. The summed E-state index contributed by atoms with van der Waals surface area (Å²) in [7, 11) is 0. The number of aryl methyl sites for hydroxylation is 1. The van der Waals surface area contributed by atoms with Crippen molar-refractivity contribution in [1.29, 1.82) is 0 Å². The molecule has 0 amide bonds. The van der Waals surface area contributed by atoms with Crippen molar-refractivity contribution < 1.29 is 0 Å². The number of rotatable bonds is 10. The average Bonchev–Trinajstić information content (AvgIpc) is 2.42. The minimum Gasteiger partial charge on any atom is -0.313 e. The summed E-state index contributed by atoms with van der Waals surface area (Å²) in [5.41, 5.74) is 1.46. The second-order valence-corrected chi connectivity index (χ2v) is 6.68. The summed E-state index contributed by atoms with van der Waals surface area (Å²) >= 11 is 2.09. The fourth-order valence-corrected chi connectivity index (χ4v) is 3.20. The van der Waals surface area contributed by atoms with Crippen molar-refractivity contribution in [2.24, 2.45) is 5.92 Å². The molecule has 0 bridgehead atoms. The summed E-state index contributed by atoms with van der Waals surface area (Å²) < 4.78 is 0. The van der Waals surface area contributed by atoms with Crippen molar-refractivity contribution in [3.63, 3.8) is 0 Å². The number of hydrogen-bond donors (Lipinski definition) is 1. The molecule has 108 valence electrons. The van der Waals surface area contributed by atoms with Crippen LogP contribution in [-0.4, -0.2) is 24.1 Å². The first kappa shape index (κ1) is 16.6. The van der Waals surface area contributed by atoms with Crippen molar-refractivity contribution in [3.8, 4) is 0 Å². The quantitative estimate of drug-likeness (QED) is 0.682. The molecule has 2 heteroatoms. The molecule has 0 radical (unpaired) electrons. The second kappa shape index (κ2) is 10.3. The van der Waals surface area contributed by atoms with E-state index in [-0.39, 0.29) is 0 Å². The molecular formula is C17H29NS. The van der Waals surface area contributed by atoms with E-state index in [1.54, 1.807) is 0 Å². The Balaban J connectivity index is 2.31. The fraction of sp³-hybridized carbons (Fsp3) is 0.647. The number of thioether (sulfide) groups is 1. The summed E-state index contributed by atoms with van der Waals surface area (Å²) in [5, 5.41) is 3.69. The van der Waals surface area contributed by atoms with E-state index >= 15 is 0 Å². The molecule has 0 aliphatic rings. The topological polar surface area (TPSA) is 12.0 Å². The SMILES string of the molecule is CCCNC(CCc1ccccc1)CSCC(C)C. The molecule has 0 aromatic heterocycles. The molecule has 1 unspecified atom stereocenters. The zero-order valence-corrected chi connectivity index (χ0v) is 13.5. The zero-order valence-electron chi connectivity index (χ0n) is 12.7. The minimum absolute atomic E-state index is 0.656. The van der Waals surface area contributed by atoms with Crippen molar-refractivity contribution in [1.82, 2.24) is 5.32 Å². The van der Waals surface area contributed by atoms with Gasteiger partial charge in [0.15, 0.2) is 0 Å². The number of benzene rings is 1. The Bertz CT molecular complexity index is 310. The lowest BCUT2D eigenvalue weighted by Crippen LogP contribution is -2.32. The van der Waals surface area contributed by atoms with E-state index in [9.17, 15) is 0 Å². The smallest absolute Gasteiger partial charge is 0.0161 e. The van der Waals surface area contributed by atoms with E-state index in [1.807, 2.05) is 0 Å². The molecule has 0 aliphatic carbocycles. The zero-order chi connectivity index (χ0) is 13.9. The predicted molar refractivity (Wildman–Crippen MR) is 89.0 cm³/mol. The minimum atomic E-state index is 0.656. The Morgan fingerprint density at radius 2 is 1.84 bits per heavy atom. The summed E-state index contributed by atoms with van der Waals surface area (Å²) in [6.45, 7) is 7.97. The van der Waals surface area contributed by atoms with E-state index in [0.29, 0.717) is 6.04 Å². The maximum absolute atomic E-state index is 3.69. The second-order valence-electron chi connectivity index (χ2n) is 5.61. The monoisotopic (exact) mass is 279 g/mol. The van der Waals surface area contributed by atoms with Gasteiger partial charge in [-0.1, -0.05) is 51.1 Å².